The summed E-state index contributed by atoms with van der Waals surface area (Å²) in [6.45, 7) is 4.07. The first-order valence-electron chi connectivity index (χ1n) is 9.26. The summed E-state index contributed by atoms with van der Waals surface area (Å²) in [4.78, 5) is 11.5. The summed E-state index contributed by atoms with van der Waals surface area (Å²) < 4.78 is 0. The van der Waals surface area contributed by atoms with Crippen LogP contribution in [0.1, 0.15) is 90.9 Å². The van der Waals surface area contributed by atoms with Crippen molar-refractivity contribution in [1.82, 2.24) is 5.32 Å². The van der Waals surface area contributed by atoms with Gasteiger partial charge in [-0.05, 0) is 39.0 Å². The van der Waals surface area contributed by atoms with Crippen molar-refractivity contribution in [1.29, 1.82) is 0 Å². The number of hydrogen-bond acceptors (Lipinski definition) is 2. The zero-order chi connectivity index (χ0) is 16.5. The quantitative estimate of drug-likeness (QED) is 0.339. The van der Waals surface area contributed by atoms with Crippen molar-refractivity contribution >= 4 is 5.91 Å². The zero-order valence-electron chi connectivity index (χ0n) is 14.8. The smallest absolute Gasteiger partial charge is 0.220 e. The number of unbranched alkanes of at least 4 members (excludes halogenated alkanes) is 9. The molecule has 3 heteroatoms. The molecule has 0 bridgehead atoms. The molecule has 0 aromatic carbocycles. The first kappa shape index (κ1) is 21.2. The highest BCUT2D eigenvalue weighted by molar-refractivity contribution is 5.76. The van der Waals surface area contributed by atoms with Crippen LogP contribution in [-0.4, -0.2) is 23.7 Å². The molecule has 1 amide bonds. The van der Waals surface area contributed by atoms with E-state index >= 15 is 0 Å². The summed E-state index contributed by atoms with van der Waals surface area (Å²) in [6.07, 6.45) is 18.9. The van der Waals surface area contributed by atoms with Crippen LogP contribution in [0.25, 0.3) is 0 Å². The molecule has 0 aromatic rings. The van der Waals surface area contributed by atoms with Gasteiger partial charge in [0.1, 0.15) is 0 Å². The van der Waals surface area contributed by atoms with E-state index in [0.717, 1.165) is 12.8 Å². The molecule has 0 aliphatic rings. The minimum atomic E-state index is -0.124. The molecular formula is C19H37NO2. The van der Waals surface area contributed by atoms with E-state index in [2.05, 4.69) is 24.4 Å². The lowest BCUT2D eigenvalue weighted by Crippen LogP contribution is -2.34. The fourth-order valence-electron chi connectivity index (χ4n) is 2.40. The number of nitrogens with one attached hydrogen (secondary N) is 1. The van der Waals surface area contributed by atoms with Crippen LogP contribution in [0.4, 0.5) is 0 Å². The molecule has 0 spiro atoms. The topological polar surface area (TPSA) is 49.3 Å². The second-order valence-corrected chi connectivity index (χ2v) is 6.28. The van der Waals surface area contributed by atoms with E-state index in [1.54, 1.807) is 0 Å². The summed E-state index contributed by atoms with van der Waals surface area (Å²) in [7, 11) is 0. The van der Waals surface area contributed by atoms with Gasteiger partial charge >= 0.3 is 0 Å². The van der Waals surface area contributed by atoms with E-state index in [1.165, 1.54) is 57.8 Å². The summed E-state index contributed by atoms with van der Waals surface area (Å²) in [6, 6.07) is -0.124. The average molecular weight is 312 g/mol. The molecule has 0 rings (SSSR count). The van der Waals surface area contributed by atoms with Crippen LogP contribution in [0.3, 0.4) is 0 Å². The molecule has 3 nitrogen and oxygen atoms in total. The van der Waals surface area contributed by atoms with E-state index < -0.39 is 0 Å². The molecule has 2 N–H and O–H groups in total. The number of carbonyl (C=O) groups is 1. The van der Waals surface area contributed by atoms with E-state index in [0.29, 0.717) is 6.42 Å². The number of aliphatic hydroxyl groups excluding tert-OH is 1. The van der Waals surface area contributed by atoms with Crippen LogP contribution in [0, 0.1) is 0 Å². The van der Waals surface area contributed by atoms with E-state index in [1.807, 2.05) is 6.92 Å². The third kappa shape index (κ3) is 15.6. The Morgan fingerprint density at radius 2 is 1.50 bits per heavy atom. The molecular weight excluding hydrogens is 274 g/mol. The Morgan fingerprint density at radius 3 is 2.09 bits per heavy atom. The van der Waals surface area contributed by atoms with Gasteiger partial charge in [-0.15, -0.1) is 0 Å². The summed E-state index contributed by atoms with van der Waals surface area (Å²) in [5, 5.41) is 11.6. The van der Waals surface area contributed by atoms with Gasteiger partial charge in [-0.3, -0.25) is 4.79 Å². The van der Waals surface area contributed by atoms with Gasteiger partial charge in [0.05, 0.1) is 6.61 Å². The molecule has 130 valence electrons. The molecule has 22 heavy (non-hydrogen) atoms. The number of allylic oxidation sites excluding steroid dienone is 2. The van der Waals surface area contributed by atoms with Gasteiger partial charge < -0.3 is 10.4 Å². The Labute approximate surface area is 137 Å². The largest absolute Gasteiger partial charge is 0.394 e. The van der Waals surface area contributed by atoms with Crippen LogP contribution in [0.15, 0.2) is 12.2 Å². The van der Waals surface area contributed by atoms with Gasteiger partial charge in [-0.1, -0.05) is 57.6 Å². The van der Waals surface area contributed by atoms with Crippen molar-refractivity contribution in [3.8, 4) is 0 Å². The standard InChI is InChI=1S/C19H37NO2/c1-3-4-5-6-7-8-9-10-11-12-13-14-15-16-19(22)20-18(2)17-21/h8-9,18,21H,3-7,10-17H2,1-2H3,(H,20,22). The minimum Gasteiger partial charge on any atom is -0.394 e. The fraction of sp³-hybridized carbons (Fsp3) is 0.842. The monoisotopic (exact) mass is 311 g/mol. The van der Waals surface area contributed by atoms with Crippen molar-refractivity contribution in [3.05, 3.63) is 12.2 Å². The molecule has 1 atom stereocenters. The molecule has 0 saturated heterocycles. The molecule has 0 radical (unpaired) electrons. The molecule has 0 heterocycles. The number of rotatable bonds is 15. The molecule has 0 saturated carbocycles. The molecule has 0 aromatic heterocycles. The fourth-order valence-corrected chi connectivity index (χ4v) is 2.40. The normalized spacial score (nSPS) is 12.7. The highest BCUT2D eigenvalue weighted by atomic mass is 16.3. The maximum absolute atomic E-state index is 11.5. The lowest BCUT2D eigenvalue weighted by atomic mass is 10.1. The predicted octanol–water partition coefficient (Wildman–Crippen LogP) is 4.74. The maximum Gasteiger partial charge on any atom is 0.220 e. The average Bonchev–Trinajstić information content (AvgIpc) is 2.51. The molecule has 0 aliphatic heterocycles. The van der Waals surface area contributed by atoms with Crippen molar-refractivity contribution in [2.24, 2.45) is 0 Å². The second kappa shape index (κ2) is 16.5. The number of hydrogen-bond donors (Lipinski definition) is 2. The number of carbonyl (C=O) groups excluding carboxylic acids is 1. The van der Waals surface area contributed by atoms with Gasteiger partial charge in [0.2, 0.25) is 5.91 Å². The van der Waals surface area contributed by atoms with Crippen LogP contribution >= 0.6 is 0 Å². The Balaban J connectivity index is 3.23. The van der Waals surface area contributed by atoms with E-state index in [9.17, 15) is 4.79 Å². The van der Waals surface area contributed by atoms with Gasteiger partial charge in [0.25, 0.3) is 0 Å². The molecule has 0 fully saturated rings. The Bertz CT molecular complexity index is 277. The van der Waals surface area contributed by atoms with Crippen LogP contribution in [0.5, 0.6) is 0 Å². The third-order valence-corrected chi connectivity index (χ3v) is 3.85. The van der Waals surface area contributed by atoms with Gasteiger partial charge in [0.15, 0.2) is 0 Å². The molecule has 0 aliphatic carbocycles. The zero-order valence-corrected chi connectivity index (χ0v) is 14.8. The SMILES string of the molecule is CCCCCCC=CCCCCCCCC(=O)NC(C)CO. The van der Waals surface area contributed by atoms with Gasteiger partial charge in [-0.25, -0.2) is 0 Å². The predicted molar refractivity (Wildman–Crippen MR) is 94.9 cm³/mol. The van der Waals surface area contributed by atoms with Crippen molar-refractivity contribution in [2.45, 2.75) is 96.9 Å². The number of amides is 1. The van der Waals surface area contributed by atoms with Gasteiger partial charge in [0, 0.05) is 12.5 Å². The van der Waals surface area contributed by atoms with E-state index in [4.69, 9.17) is 5.11 Å². The highest BCUT2D eigenvalue weighted by Gasteiger charge is 2.04. The summed E-state index contributed by atoms with van der Waals surface area (Å²) in [5.41, 5.74) is 0. The highest BCUT2D eigenvalue weighted by Crippen LogP contribution is 2.09. The second-order valence-electron chi connectivity index (χ2n) is 6.28. The molecule has 1 unspecified atom stereocenters. The van der Waals surface area contributed by atoms with Crippen LogP contribution in [0.2, 0.25) is 0 Å². The van der Waals surface area contributed by atoms with Crippen molar-refractivity contribution in [3.63, 3.8) is 0 Å². The number of aliphatic hydroxyl groups is 1. The Hall–Kier alpha value is -0.830. The maximum atomic E-state index is 11.5. The van der Waals surface area contributed by atoms with Crippen molar-refractivity contribution in [2.75, 3.05) is 6.61 Å². The van der Waals surface area contributed by atoms with Crippen LogP contribution < -0.4 is 5.32 Å². The first-order valence-corrected chi connectivity index (χ1v) is 9.26. The van der Waals surface area contributed by atoms with E-state index in [-0.39, 0.29) is 18.6 Å². The first-order chi connectivity index (χ1) is 10.7. The lowest BCUT2D eigenvalue weighted by molar-refractivity contribution is -0.122. The summed E-state index contributed by atoms with van der Waals surface area (Å²) >= 11 is 0. The summed E-state index contributed by atoms with van der Waals surface area (Å²) in [5.74, 6) is 0.0626. The van der Waals surface area contributed by atoms with Crippen LogP contribution in [-0.2, 0) is 4.79 Å². The third-order valence-electron chi connectivity index (χ3n) is 3.85. The Morgan fingerprint density at radius 1 is 0.955 bits per heavy atom. The van der Waals surface area contributed by atoms with Crippen molar-refractivity contribution < 1.29 is 9.90 Å². The minimum absolute atomic E-state index is 0.0118. The lowest BCUT2D eigenvalue weighted by Gasteiger charge is -2.10. The Kier molecular flexibility index (Phi) is 15.9. The van der Waals surface area contributed by atoms with Gasteiger partial charge in [-0.2, -0.15) is 0 Å².